The van der Waals surface area contributed by atoms with Gasteiger partial charge in [0.25, 0.3) is 11.8 Å². The molecule has 0 radical (unpaired) electrons. The molecule has 0 saturated heterocycles. The average Bonchev–Trinajstić information content (AvgIpc) is 2.48. The Kier molecular flexibility index (Phi) is 8.39. The first-order chi connectivity index (χ1) is 10.8. The van der Waals surface area contributed by atoms with Crippen LogP contribution in [0.25, 0.3) is 0 Å². The normalized spacial score (nSPS) is 10.3. The van der Waals surface area contributed by atoms with E-state index in [-0.39, 0.29) is 30.0 Å². The molecule has 0 fully saturated rings. The maximum absolute atomic E-state index is 12.3. The Bertz CT molecular complexity index is 666. The molecule has 126 valence electrons. The van der Waals surface area contributed by atoms with E-state index in [4.69, 9.17) is 15.9 Å². The molecule has 0 aliphatic rings. The van der Waals surface area contributed by atoms with Gasteiger partial charge in [0.15, 0.2) is 0 Å². The highest BCUT2D eigenvalue weighted by molar-refractivity contribution is 14.1. The Balaban J connectivity index is 3.59. The fourth-order valence-corrected chi connectivity index (χ4v) is 6.08. The Morgan fingerprint density at radius 3 is 2.04 bits per heavy atom. The van der Waals surface area contributed by atoms with Gasteiger partial charge >= 0.3 is 0 Å². The summed E-state index contributed by atoms with van der Waals surface area (Å²) in [6.07, 6.45) is 0. The van der Waals surface area contributed by atoms with Crippen molar-refractivity contribution < 1.29 is 24.6 Å². The molecule has 0 aromatic heterocycles. The Morgan fingerprint density at radius 1 is 1.00 bits per heavy atom. The number of nitrogens with two attached hydrogens (primary N) is 1. The van der Waals surface area contributed by atoms with Gasteiger partial charge < -0.3 is 26.6 Å². The van der Waals surface area contributed by atoms with Crippen LogP contribution in [-0.2, 0) is 4.79 Å². The molecule has 0 aliphatic heterocycles. The average molecular weight is 659 g/mol. The van der Waals surface area contributed by atoms with Crippen molar-refractivity contribution >= 4 is 91.2 Å². The number of anilines is 1. The highest BCUT2D eigenvalue weighted by atomic mass is 127. The smallest absolute Gasteiger partial charge is 0.253 e. The van der Waals surface area contributed by atoms with Gasteiger partial charge in [-0.15, -0.1) is 0 Å². The summed E-state index contributed by atoms with van der Waals surface area (Å²) >= 11 is 5.55. The molecule has 0 atom stereocenters. The highest BCUT2D eigenvalue weighted by Crippen LogP contribution is 2.35. The van der Waals surface area contributed by atoms with E-state index in [1.54, 1.807) is 0 Å². The standard InChI is InChI=1S/C12H12I3N3O5/c13-7-5(11(16)22)8(14)10(18-4(21)3-20)9(15)6(7)12(23)17-1-2-19/h19-20H,1-3H2,(H2,16,22)(H,17,23)(H,18,21). The van der Waals surface area contributed by atoms with E-state index in [0.717, 1.165) is 0 Å². The van der Waals surface area contributed by atoms with Crippen LogP contribution in [0.15, 0.2) is 0 Å². The Hall–Kier alpha value is -0.260. The van der Waals surface area contributed by atoms with Crippen LogP contribution in [0.5, 0.6) is 0 Å². The molecule has 0 bridgehead atoms. The summed E-state index contributed by atoms with van der Waals surface area (Å²) in [6.45, 7) is -0.933. The van der Waals surface area contributed by atoms with E-state index >= 15 is 0 Å². The van der Waals surface area contributed by atoms with E-state index in [1.165, 1.54) is 0 Å². The number of primary amides is 1. The number of hydrogen-bond acceptors (Lipinski definition) is 5. The fraction of sp³-hybridized carbons (Fsp3) is 0.250. The van der Waals surface area contributed by atoms with Crippen LogP contribution in [-0.4, -0.2) is 47.7 Å². The van der Waals surface area contributed by atoms with Crippen molar-refractivity contribution in [3.63, 3.8) is 0 Å². The van der Waals surface area contributed by atoms with Gasteiger partial charge in [-0.05, 0) is 67.8 Å². The number of amides is 3. The molecule has 1 rings (SSSR count). The first kappa shape index (κ1) is 20.8. The second-order valence-electron chi connectivity index (χ2n) is 4.12. The predicted octanol–water partition coefficient (Wildman–Crippen LogP) is 0.252. The highest BCUT2D eigenvalue weighted by Gasteiger charge is 2.27. The summed E-state index contributed by atoms with van der Waals surface area (Å²) in [7, 11) is 0. The molecule has 0 aliphatic carbocycles. The number of carbonyl (C=O) groups excluding carboxylic acids is 3. The van der Waals surface area contributed by atoms with Crippen molar-refractivity contribution in [2.24, 2.45) is 5.73 Å². The van der Waals surface area contributed by atoms with Crippen LogP contribution in [0.3, 0.4) is 0 Å². The zero-order valence-corrected chi connectivity index (χ0v) is 17.9. The van der Waals surface area contributed by atoms with Gasteiger partial charge in [-0.2, -0.15) is 0 Å². The zero-order chi connectivity index (χ0) is 17.7. The van der Waals surface area contributed by atoms with E-state index in [0.29, 0.717) is 10.7 Å². The van der Waals surface area contributed by atoms with Crippen LogP contribution in [0.4, 0.5) is 5.69 Å². The van der Waals surface area contributed by atoms with Gasteiger partial charge in [-0.25, -0.2) is 0 Å². The second kappa shape index (κ2) is 9.28. The molecule has 0 spiro atoms. The molecule has 6 N–H and O–H groups in total. The number of aliphatic hydroxyl groups is 2. The van der Waals surface area contributed by atoms with Crippen LogP contribution in [0.1, 0.15) is 20.7 Å². The zero-order valence-electron chi connectivity index (χ0n) is 11.5. The lowest BCUT2D eigenvalue weighted by Gasteiger charge is -2.18. The van der Waals surface area contributed by atoms with E-state index < -0.39 is 24.3 Å². The van der Waals surface area contributed by atoms with Gasteiger partial charge in [-0.1, -0.05) is 0 Å². The molecule has 0 saturated carbocycles. The number of hydrogen-bond donors (Lipinski definition) is 5. The summed E-state index contributed by atoms with van der Waals surface area (Å²) in [6, 6.07) is 0. The van der Waals surface area contributed by atoms with E-state index in [1.807, 2.05) is 67.8 Å². The molecule has 0 unspecified atom stereocenters. The van der Waals surface area contributed by atoms with Crippen molar-refractivity contribution in [2.45, 2.75) is 0 Å². The van der Waals surface area contributed by atoms with Crippen molar-refractivity contribution in [3.05, 3.63) is 21.8 Å². The third-order valence-corrected chi connectivity index (χ3v) is 5.83. The third kappa shape index (κ3) is 4.86. The minimum Gasteiger partial charge on any atom is -0.395 e. The minimum atomic E-state index is -0.745. The molecule has 11 heteroatoms. The Morgan fingerprint density at radius 2 is 1.57 bits per heavy atom. The quantitative estimate of drug-likeness (QED) is 0.279. The molecular formula is C12H12I3N3O5. The maximum atomic E-state index is 12.3. The van der Waals surface area contributed by atoms with Gasteiger partial charge in [0.05, 0.1) is 30.6 Å². The fourth-order valence-electron chi connectivity index (χ4n) is 1.63. The van der Waals surface area contributed by atoms with Crippen LogP contribution in [0.2, 0.25) is 0 Å². The molecule has 1 aromatic carbocycles. The van der Waals surface area contributed by atoms with Gasteiger partial charge in [0.2, 0.25) is 5.91 Å². The maximum Gasteiger partial charge on any atom is 0.253 e. The van der Waals surface area contributed by atoms with Crippen molar-refractivity contribution in [1.82, 2.24) is 5.32 Å². The molecule has 23 heavy (non-hydrogen) atoms. The molecular weight excluding hydrogens is 647 g/mol. The predicted molar refractivity (Wildman–Crippen MR) is 108 cm³/mol. The summed E-state index contributed by atoms with van der Waals surface area (Å²) in [4.78, 5) is 35.5. The van der Waals surface area contributed by atoms with Crippen molar-refractivity contribution in [2.75, 3.05) is 25.1 Å². The Labute approximate surface area is 172 Å². The largest absolute Gasteiger partial charge is 0.395 e. The van der Waals surface area contributed by atoms with Gasteiger partial charge in [-0.3, -0.25) is 14.4 Å². The lowest BCUT2D eigenvalue weighted by molar-refractivity contribution is -0.118. The van der Waals surface area contributed by atoms with Crippen molar-refractivity contribution in [3.8, 4) is 0 Å². The summed E-state index contributed by atoms with van der Waals surface area (Å²) in [5, 5.41) is 22.7. The molecule has 1 aromatic rings. The summed E-state index contributed by atoms with van der Waals surface area (Å²) < 4.78 is 1.13. The lowest BCUT2D eigenvalue weighted by atomic mass is 10.1. The monoisotopic (exact) mass is 659 g/mol. The van der Waals surface area contributed by atoms with Crippen molar-refractivity contribution in [1.29, 1.82) is 0 Å². The summed E-state index contributed by atoms with van der Waals surface area (Å²) in [5.41, 5.74) is 5.89. The third-order valence-electron chi connectivity index (χ3n) is 2.60. The van der Waals surface area contributed by atoms with Crippen LogP contribution in [0, 0.1) is 10.7 Å². The number of aliphatic hydroxyl groups excluding tert-OH is 2. The van der Waals surface area contributed by atoms with Gasteiger partial charge in [0, 0.05) is 10.1 Å². The minimum absolute atomic E-state index is 0.0429. The van der Waals surface area contributed by atoms with E-state index in [2.05, 4.69) is 10.6 Å². The number of benzene rings is 1. The lowest BCUT2D eigenvalue weighted by Crippen LogP contribution is -2.30. The van der Waals surface area contributed by atoms with E-state index in [9.17, 15) is 14.4 Å². The topological polar surface area (TPSA) is 142 Å². The first-order valence-corrected chi connectivity index (χ1v) is 9.29. The van der Waals surface area contributed by atoms with Gasteiger partial charge in [0.1, 0.15) is 6.61 Å². The molecule has 3 amide bonds. The number of rotatable bonds is 6. The SMILES string of the molecule is NC(=O)c1c(I)c(NC(=O)CO)c(I)c(C(=O)NCCO)c1I. The first-order valence-electron chi connectivity index (χ1n) is 6.06. The number of halogens is 3. The molecule has 8 nitrogen and oxygen atoms in total. The van der Waals surface area contributed by atoms with Crippen LogP contribution >= 0.6 is 67.8 Å². The number of carbonyl (C=O) groups is 3. The second-order valence-corrected chi connectivity index (χ2v) is 7.35. The summed E-state index contributed by atoms with van der Waals surface area (Å²) in [5.74, 6) is -1.93. The van der Waals surface area contributed by atoms with Crippen LogP contribution < -0.4 is 16.4 Å². The number of nitrogens with one attached hydrogen (secondary N) is 2. The molecule has 0 heterocycles.